The Kier molecular flexibility index (Phi) is 25.5. The number of benzene rings is 3. The molecule has 18 nitrogen and oxygen atoms in total. The minimum absolute atomic E-state index is 0.374. The molecule has 3 fully saturated rings. The summed E-state index contributed by atoms with van der Waals surface area (Å²) in [6, 6.07) is 26.7. The number of para-hydroxylation sites is 1. The van der Waals surface area contributed by atoms with E-state index in [0.717, 1.165) is 138 Å². The van der Waals surface area contributed by atoms with Gasteiger partial charge in [0.2, 0.25) is 0 Å². The van der Waals surface area contributed by atoms with Crippen molar-refractivity contribution < 1.29 is 0 Å². The summed E-state index contributed by atoms with van der Waals surface area (Å²) in [6.07, 6.45) is 9.88. The van der Waals surface area contributed by atoms with Gasteiger partial charge >= 0.3 is 0 Å². The fraction of sp³-hybridized carbons (Fsp3) is 0.420. The normalized spacial score (nSPS) is 16.6. The van der Waals surface area contributed by atoms with Gasteiger partial charge in [0.15, 0.2) is 17.1 Å². The van der Waals surface area contributed by atoms with Crippen LogP contribution in [0.1, 0.15) is 40.7 Å². The van der Waals surface area contributed by atoms with E-state index in [1.807, 2.05) is 42.7 Å². The summed E-state index contributed by atoms with van der Waals surface area (Å²) in [5.41, 5.74) is 6.57. The second-order valence-corrected chi connectivity index (χ2v) is 19.5. The number of amidine groups is 2. The van der Waals surface area contributed by atoms with Gasteiger partial charge < -0.3 is 57.4 Å². The smallest absolute Gasteiger partial charge is 0.196 e. The van der Waals surface area contributed by atoms with Gasteiger partial charge in [-0.2, -0.15) is 11.8 Å². The van der Waals surface area contributed by atoms with Crippen LogP contribution in [0.3, 0.4) is 0 Å². The van der Waals surface area contributed by atoms with Crippen LogP contribution in [0.5, 0.6) is 0 Å². The molecule has 1 atom stereocenters. The molecule has 22 heteroatoms. The SMILES string of the molecule is C1=NCCN1.C1CNCN1.Cc1[nH]cnc1CSCCNC(=N)NCCCc1c[nH]cn1.Clc1cccc(Cl)c1N=C1NCCN1.c1ccc(CC2=NCCN2)cc1.c1ccc([C@H]2CN3CCSC3=N2)cc1. The number of aromatic amines is 2. The number of rotatable bonds is 13. The van der Waals surface area contributed by atoms with E-state index in [2.05, 4.69) is 137 Å². The zero-order chi connectivity index (χ0) is 50.3. The molecule has 11 N–H and O–H groups in total. The Balaban J connectivity index is 0.000000150. The molecule has 0 saturated carbocycles. The van der Waals surface area contributed by atoms with Crippen molar-refractivity contribution >= 4 is 81.7 Å². The maximum Gasteiger partial charge on any atom is 0.196 e. The number of halogens is 2. The number of hydrogen-bond acceptors (Lipinski definition) is 14. The molecule has 2 aromatic heterocycles. The number of guanidine groups is 2. The minimum atomic E-state index is 0.374. The predicted octanol–water partition coefficient (Wildman–Crippen LogP) is 5.73. The highest BCUT2D eigenvalue weighted by Crippen LogP contribution is 2.33. The Morgan fingerprint density at radius 2 is 1.62 bits per heavy atom. The van der Waals surface area contributed by atoms with Crippen LogP contribution in [0.25, 0.3) is 0 Å². The van der Waals surface area contributed by atoms with E-state index in [-0.39, 0.29) is 0 Å². The first-order chi connectivity index (χ1) is 35.4. The lowest BCUT2D eigenvalue weighted by molar-refractivity contribution is 0.464. The van der Waals surface area contributed by atoms with Crippen molar-refractivity contribution in [2.75, 3.05) is 96.7 Å². The number of nitrogens with one attached hydrogen (secondary N) is 11. The molecule has 6 aliphatic heterocycles. The van der Waals surface area contributed by atoms with E-state index in [1.54, 1.807) is 37.2 Å². The van der Waals surface area contributed by atoms with Crippen LogP contribution >= 0.6 is 46.7 Å². The Hall–Kier alpha value is -5.77. The standard InChI is InChI=1S/C14H23N7S.C11H12N2S.C10H12N2.C9H9Cl2N3.C3H8N2.C3H6N2/c1-11-13(21-10-19-11)8-22-6-5-18-14(15)17-4-2-3-12-7-16-9-20-12;1-2-4-9(5-3-1)10-8-13-6-7-14-11(13)12-10;1-2-4-9(5-3-1)8-10-11-6-7-12-10;10-6-2-1-3-7(11)8(6)14-9-12-4-5-13-9;2*1-2-5-3-4-1/h7,9-10H,2-6,8H2,1H3,(H,16,20)(H,19,21)(H3,15,17,18);1-5,10H,6-8H2;1-5H,6-8H2,(H,11,12);1-3H,4-5H2,(H2,12,13,14);4-5H,1-3H2;3H,1-2H2,(H,4,5)/t;10-;;;;/m.1..../s1. The number of nitrogens with zero attached hydrogens (tertiary/aromatic N) is 7. The van der Waals surface area contributed by atoms with Crippen LogP contribution in [0.4, 0.5) is 5.69 Å². The molecule has 0 radical (unpaired) electrons. The van der Waals surface area contributed by atoms with E-state index in [1.165, 1.54) is 28.6 Å². The van der Waals surface area contributed by atoms with Crippen molar-refractivity contribution in [1.29, 1.82) is 5.41 Å². The average molecular weight is 1060 g/mol. The van der Waals surface area contributed by atoms with Gasteiger partial charge in [-0.25, -0.2) is 15.0 Å². The van der Waals surface area contributed by atoms with E-state index >= 15 is 0 Å². The largest absolute Gasteiger partial charge is 0.375 e. The van der Waals surface area contributed by atoms with Crippen molar-refractivity contribution in [1.82, 2.24) is 67.4 Å². The van der Waals surface area contributed by atoms with Crippen molar-refractivity contribution in [3.63, 3.8) is 0 Å². The summed E-state index contributed by atoms with van der Waals surface area (Å²) < 4.78 is 0. The van der Waals surface area contributed by atoms with Gasteiger partial charge in [-0.05, 0) is 43.0 Å². The molecule has 3 saturated heterocycles. The maximum absolute atomic E-state index is 7.78. The Morgan fingerprint density at radius 1 is 0.861 bits per heavy atom. The highest BCUT2D eigenvalue weighted by molar-refractivity contribution is 8.14. The minimum Gasteiger partial charge on any atom is -0.375 e. The van der Waals surface area contributed by atoms with Crippen LogP contribution in [-0.2, 0) is 18.6 Å². The fourth-order valence-corrected chi connectivity index (χ4v) is 9.61. The number of aromatic nitrogens is 4. The molecular weight excluding hydrogens is 988 g/mol. The van der Waals surface area contributed by atoms with Crippen LogP contribution in [0.15, 0.2) is 118 Å². The summed E-state index contributed by atoms with van der Waals surface area (Å²) >= 11 is 15.6. The number of aliphatic imine (C=N–C) groups is 4. The van der Waals surface area contributed by atoms with Crippen LogP contribution in [0, 0.1) is 12.3 Å². The van der Waals surface area contributed by atoms with E-state index in [9.17, 15) is 0 Å². The predicted molar refractivity (Wildman–Crippen MR) is 303 cm³/mol. The van der Waals surface area contributed by atoms with Gasteiger partial charge in [0.05, 0.1) is 59.6 Å². The molecule has 5 aromatic rings. The first-order valence-corrected chi connectivity index (χ1v) is 27.4. The lowest BCUT2D eigenvalue weighted by Gasteiger charge is -2.12. The Labute approximate surface area is 442 Å². The third kappa shape index (κ3) is 21.1. The second kappa shape index (κ2) is 33.1. The van der Waals surface area contributed by atoms with Gasteiger partial charge in [-0.3, -0.25) is 20.4 Å². The lowest BCUT2D eigenvalue weighted by Crippen LogP contribution is -2.38. The molecule has 6 aliphatic rings. The number of aryl methyl sites for hydroxylation is 2. The number of thioether (sulfide) groups is 2. The zero-order valence-corrected chi connectivity index (χ0v) is 44.2. The van der Waals surface area contributed by atoms with E-state index in [0.29, 0.717) is 27.7 Å². The van der Waals surface area contributed by atoms with Crippen molar-refractivity contribution in [2.45, 2.75) is 38.0 Å². The fourth-order valence-electron chi connectivity index (χ4n) is 7.21. The third-order valence-corrected chi connectivity index (χ3v) is 13.6. The summed E-state index contributed by atoms with van der Waals surface area (Å²) in [5, 5.41) is 34.8. The first-order valence-electron chi connectivity index (χ1n) is 24.5. The third-order valence-electron chi connectivity index (χ3n) is 11.0. The molecular formula is C50H70Cl2N18S2. The van der Waals surface area contributed by atoms with E-state index in [4.69, 9.17) is 33.6 Å². The monoisotopic (exact) mass is 1060 g/mol. The molecule has 8 heterocycles. The molecule has 3 aromatic carbocycles. The molecule has 0 bridgehead atoms. The summed E-state index contributed by atoms with van der Waals surface area (Å²) in [5.74, 6) is 5.30. The maximum atomic E-state index is 7.78. The first kappa shape index (κ1) is 55.5. The number of fused-ring (bicyclic) bond motifs is 1. The van der Waals surface area contributed by atoms with Crippen LogP contribution in [0.2, 0.25) is 10.0 Å². The topological polar surface area (TPSA) is 230 Å². The molecule has 0 unspecified atom stereocenters. The highest BCUT2D eigenvalue weighted by Gasteiger charge is 2.29. The lowest BCUT2D eigenvalue weighted by atomic mass is 10.1. The van der Waals surface area contributed by atoms with Crippen molar-refractivity contribution in [2.24, 2.45) is 20.0 Å². The van der Waals surface area contributed by atoms with Gasteiger partial charge in [0.1, 0.15) is 11.5 Å². The number of H-pyrrole nitrogens is 2. The molecule has 0 aliphatic carbocycles. The Bertz CT molecular complexity index is 2370. The van der Waals surface area contributed by atoms with Crippen LogP contribution in [-0.4, -0.2) is 151 Å². The number of hydrogen-bond donors (Lipinski definition) is 11. The Morgan fingerprint density at radius 3 is 2.24 bits per heavy atom. The van der Waals surface area contributed by atoms with E-state index < -0.39 is 0 Å². The second-order valence-electron chi connectivity index (χ2n) is 16.5. The molecule has 72 heavy (non-hydrogen) atoms. The van der Waals surface area contributed by atoms with Crippen molar-refractivity contribution in [3.05, 3.63) is 136 Å². The van der Waals surface area contributed by atoms with Crippen LogP contribution < -0.4 is 42.5 Å². The van der Waals surface area contributed by atoms with Gasteiger partial charge in [0.25, 0.3) is 0 Å². The summed E-state index contributed by atoms with van der Waals surface area (Å²) in [4.78, 5) is 34.0. The summed E-state index contributed by atoms with van der Waals surface area (Å²) in [6.45, 7) is 14.8. The van der Waals surface area contributed by atoms with Gasteiger partial charge in [-0.15, -0.1) is 0 Å². The average Bonchev–Trinajstić information content (AvgIpc) is 4.24. The van der Waals surface area contributed by atoms with Gasteiger partial charge in [0, 0.05) is 108 Å². The summed E-state index contributed by atoms with van der Waals surface area (Å²) in [7, 11) is 0. The van der Waals surface area contributed by atoms with Gasteiger partial charge in [-0.1, -0.05) is 102 Å². The van der Waals surface area contributed by atoms with Crippen molar-refractivity contribution in [3.8, 4) is 0 Å². The highest BCUT2D eigenvalue weighted by atomic mass is 35.5. The quantitative estimate of drug-likeness (QED) is 0.0386. The molecule has 386 valence electrons. The zero-order valence-electron chi connectivity index (χ0n) is 41.0. The number of imidazole rings is 2. The molecule has 0 spiro atoms. The molecule has 0 amide bonds. The molecule has 11 rings (SSSR count).